The first-order chi connectivity index (χ1) is 7.38. The molecule has 0 atom stereocenters. The normalized spacial score (nSPS) is 11.7. The van der Waals surface area contributed by atoms with Gasteiger partial charge in [-0.1, -0.05) is 6.92 Å². The summed E-state index contributed by atoms with van der Waals surface area (Å²) in [4.78, 5) is 0.238. The zero-order valence-corrected chi connectivity index (χ0v) is 10.7. The Bertz CT molecular complexity index is 458. The van der Waals surface area contributed by atoms with Crippen LogP contribution in [-0.4, -0.2) is 15.0 Å². The number of anilines is 1. The predicted molar refractivity (Wildman–Crippen MR) is 65.8 cm³/mol. The zero-order valence-electron chi connectivity index (χ0n) is 9.87. The van der Waals surface area contributed by atoms with Gasteiger partial charge in [0, 0.05) is 12.2 Å². The molecule has 1 aromatic rings. The fraction of sp³-hybridized carbons (Fsp3) is 0.455. The van der Waals surface area contributed by atoms with Crippen molar-refractivity contribution in [3.63, 3.8) is 0 Å². The molecule has 4 nitrogen and oxygen atoms in total. The quantitative estimate of drug-likeness (QED) is 0.787. The van der Waals surface area contributed by atoms with Gasteiger partial charge in [0.25, 0.3) is 0 Å². The molecule has 16 heavy (non-hydrogen) atoms. The summed E-state index contributed by atoms with van der Waals surface area (Å²) in [5, 5.41) is 0. The van der Waals surface area contributed by atoms with Gasteiger partial charge in [0.05, 0.1) is 4.90 Å². The SMILES string of the molecule is CCCNS(=O)(=O)c1cc(C)c(C)c(N)c1. The van der Waals surface area contributed by atoms with Crippen molar-refractivity contribution in [3.05, 3.63) is 23.3 Å². The lowest BCUT2D eigenvalue weighted by Gasteiger charge is -2.10. The van der Waals surface area contributed by atoms with Gasteiger partial charge in [-0.3, -0.25) is 0 Å². The molecule has 0 saturated heterocycles. The molecule has 0 spiro atoms. The molecule has 0 aliphatic rings. The van der Waals surface area contributed by atoms with Crippen LogP contribution in [0.5, 0.6) is 0 Å². The summed E-state index contributed by atoms with van der Waals surface area (Å²) < 4.78 is 26.2. The Morgan fingerprint density at radius 3 is 2.44 bits per heavy atom. The van der Waals surface area contributed by atoms with Crippen LogP contribution in [0.1, 0.15) is 24.5 Å². The van der Waals surface area contributed by atoms with Crippen LogP contribution in [0.2, 0.25) is 0 Å². The summed E-state index contributed by atoms with van der Waals surface area (Å²) in [6, 6.07) is 3.14. The molecule has 0 saturated carbocycles. The van der Waals surface area contributed by atoms with E-state index >= 15 is 0 Å². The van der Waals surface area contributed by atoms with E-state index < -0.39 is 10.0 Å². The second-order valence-corrected chi connectivity index (χ2v) is 5.62. The van der Waals surface area contributed by atoms with E-state index in [4.69, 9.17) is 5.73 Å². The molecule has 1 rings (SSSR count). The lowest BCUT2D eigenvalue weighted by molar-refractivity contribution is 0.580. The maximum absolute atomic E-state index is 11.8. The molecule has 90 valence electrons. The predicted octanol–water partition coefficient (Wildman–Crippen LogP) is 1.57. The van der Waals surface area contributed by atoms with Crippen molar-refractivity contribution in [2.24, 2.45) is 0 Å². The van der Waals surface area contributed by atoms with Gasteiger partial charge in [-0.25, -0.2) is 13.1 Å². The number of nitrogens with two attached hydrogens (primary N) is 1. The summed E-state index contributed by atoms with van der Waals surface area (Å²) in [5.41, 5.74) is 8.08. The van der Waals surface area contributed by atoms with Crippen molar-refractivity contribution < 1.29 is 8.42 Å². The van der Waals surface area contributed by atoms with Crippen LogP contribution < -0.4 is 10.5 Å². The highest BCUT2D eigenvalue weighted by molar-refractivity contribution is 7.89. The molecule has 0 aliphatic carbocycles. The van der Waals surface area contributed by atoms with E-state index in [9.17, 15) is 8.42 Å². The molecular weight excluding hydrogens is 224 g/mol. The standard InChI is InChI=1S/C11H18N2O2S/c1-4-5-13-16(14,15)10-6-8(2)9(3)11(12)7-10/h6-7,13H,4-5,12H2,1-3H3. The van der Waals surface area contributed by atoms with Crippen LogP contribution in [-0.2, 0) is 10.0 Å². The minimum absolute atomic E-state index is 0.238. The highest BCUT2D eigenvalue weighted by atomic mass is 32.2. The van der Waals surface area contributed by atoms with Gasteiger partial charge in [0.15, 0.2) is 0 Å². The molecule has 0 radical (unpaired) electrons. The number of nitrogens with one attached hydrogen (secondary N) is 1. The minimum Gasteiger partial charge on any atom is -0.398 e. The van der Waals surface area contributed by atoms with E-state index in [-0.39, 0.29) is 4.90 Å². The Morgan fingerprint density at radius 1 is 1.31 bits per heavy atom. The van der Waals surface area contributed by atoms with Gasteiger partial charge < -0.3 is 5.73 Å². The Morgan fingerprint density at radius 2 is 1.94 bits per heavy atom. The van der Waals surface area contributed by atoms with Crippen LogP contribution >= 0.6 is 0 Å². The molecule has 3 N–H and O–H groups in total. The van der Waals surface area contributed by atoms with Crippen molar-refractivity contribution in [1.29, 1.82) is 0 Å². The molecule has 0 bridgehead atoms. The van der Waals surface area contributed by atoms with E-state index in [1.165, 1.54) is 6.07 Å². The molecule has 0 unspecified atom stereocenters. The Hall–Kier alpha value is -1.07. The first kappa shape index (κ1) is 13.0. The highest BCUT2D eigenvalue weighted by Gasteiger charge is 2.15. The molecule has 0 heterocycles. The summed E-state index contributed by atoms with van der Waals surface area (Å²) in [5.74, 6) is 0. The van der Waals surface area contributed by atoms with E-state index in [2.05, 4.69) is 4.72 Å². The second-order valence-electron chi connectivity index (χ2n) is 3.85. The summed E-state index contributed by atoms with van der Waals surface area (Å²) in [6.07, 6.45) is 0.763. The minimum atomic E-state index is -3.41. The number of rotatable bonds is 4. The number of benzene rings is 1. The number of hydrogen-bond acceptors (Lipinski definition) is 3. The fourth-order valence-corrected chi connectivity index (χ4v) is 2.58. The van der Waals surface area contributed by atoms with Gasteiger partial charge in [-0.2, -0.15) is 0 Å². The number of hydrogen-bond donors (Lipinski definition) is 2. The van der Waals surface area contributed by atoms with Crippen LogP contribution in [0.15, 0.2) is 17.0 Å². The number of aryl methyl sites for hydroxylation is 1. The first-order valence-electron chi connectivity index (χ1n) is 5.25. The number of nitrogen functional groups attached to an aromatic ring is 1. The third-order valence-corrected chi connectivity index (χ3v) is 3.97. The van der Waals surface area contributed by atoms with Gasteiger partial charge in [-0.15, -0.1) is 0 Å². The Kier molecular flexibility index (Phi) is 3.93. The first-order valence-corrected chi connectivity index (χ1v) is 6.73. The Balaban J connectivity index is 3.14. The lowest BCUT2D eigenvalue weighted by atomic mass is 10.1. The van der Waals surface area contributed by atoms with Crippen LogP contribution in [0.4, 0.5) is 5.69 Å². The molecule has 0 fully saturated rings. The van der Waals surface area contributed by atoms with Crippen molar-refractivity contribution in [3.8, 4) is 0 Å². The Labute approximate surface area is 96.9 Å². The highest BCUT2D eigenvalue weighted by Crippen LogP contribution is 2.21. The van der Waals surface area contributed by atoms with Crippen molar-refractivity contribution in [2.75, 3.05) is 12.3 Å². The molecule has 0 aromatic heterocycles. The third kappa shape index (κ3) is 2.74. The number of sulfonamides is 1. The molecule has 5 heteroatoms. The fourth-order valence-electron chi connectivity index (χ4n) is 1.33. The average molecular weight is 242 g/mol. The zero-order chi connectivity index (χ0) is 12.3. The van der Waals surface area contributed by atoms with E-state index in [1.807, 2.05) is 20.8 Å². The maximum atomic E-state index is 11.8. The lowest BCUT2D eigenvalue weighted by Crippen LogP contribution is -2.24. The monoisotopic (exact) mass is 242 g/mol. The smallest absolute Gasteiger partial charge is 0.240 e. The largest absolute Gasteiger partial charge is 0.398 e. The average Bonchev–Trinajstić information content (AvgIpc) is 2.22. The second kappa shape index (κ2) is 4.84. The van der Waals surface area contributed by atoms with Gasteiger partial charge in [0.1, 0.15) is 0 Å². The topological polar surface area (TPSA) is 72.2 Å². The molecular formula is C11H18N2O2S. The third-order valence-electron chi connectivity index (χ3n) is 2.53. The summed E-state index contributed by atoms with van der Waals surface area (Å²) in [6.45, 7) is 6.08. The maximum Gasteiger partial charge on any atom is 0.240 e. The van der Waals surface area contributed by atoms with E-state index in [0.717, 1.165) is 17.5 Å². The van der Waals surface area contributed by atoms with Crippen LogP contribution in [0.3, 0.4) is 0 Å². The van der Waals surface area contributed by atoms with Crippen LogP contribution in [0, 0.1) is 13.8 Å². The molecule has 0 amide bonds. The van der Waals surface area contributed by atoms with Crippen molar-refractivity contribution in [1.82, 2.24) is 4.72 Å². The summed E-state index contributed by atoms with van der Waals surface area (Å²) >= 11 is 0. The van der Waals surface area contributed by atoms with Crippen molar-refractivity contribution in [2.45, 2.75) is 32.1 Å². The van der Waals surface area contributed by atoms with Crippen molar-refractivity contribution >= 4 is 15.7 Å². The van der Waals surface area contributed by atoms with Gasteiger partial charge >= 0.3 is 0 Å². The van der Waals surface area contributed by atoms with Gasteiger partial charge in [0.2, 0.25) is 10.0 Å². The molecule has 1 aromatic carbocycles. The van der Waals surface area contributed by atoms with Crippen LogP contribution in [0.25, 0.3) is 0 Å². The summed E-state index contributed by atoms with van der Waals surface area (Å²) in [7, 11) is -3.41. The molecule has 0 aliphatic heterocycles. The van der Waals surface area contributed by atoms with E-state index in [1.54, 1.807) is 6.07 Å². The van der Waals surface area contributed by atoms with E-state index in [0.29, 0.717) is 12.2 Å². The van der Waals surface area contributed by atoms with Gasteiger partial charge in [-0.05, 0) is 43.5 Å².